The summed E-state index contributed by atoms with van der Waals surface area (Å²) in [7, 11) is 1.80. The summed E-state index contributed by atoms with van der Waals surface area (Å²) in [5.74, 6) is -1.45. The van der Waals surface area contributed by atoms with Crippen molar-refractivity contribution in [3.63, 3.8) is 0 Å². The second-order valence-corrected chi connectivity index (χ2v) is 7.38. The topological polar surface area (TPSA) is 66.2 Å². The van der Waals surface area contributed by atoms with Crippen LogP contribution in [-0.2, 0) is 7.05 Å². The number of aryl methyl sites for hydroxylation is 1. The highest BCUT2D eigenvalue weighted by atomic mass is 32.1. The van der Waals surface area contributed by atoms with Gasteiger partial charge in [0, 0.05) is 37.8 Å². The average molecular weight is 403 g/mol. The molecule has 0 fully saturated rings. The first kappa shape index (κ1) is 18.6. The minimum Gasteiger partial charge on any atom is -0.368 e. The number of hydrogen-bond acceptors (Lipinski definition) is 6. The first-order valence-corrected chi connectivity index (χ1v) is 9.66. The molecule has 1 aliphatic heterocycles. The van der Waals surface area contributed by atoms with Crippen LogP contribution in [0.1, 0.15) is 24.0 Å². The lowest BCUT2D eigenvalue weighted by molar-refractivity contribution is 0.201. The van der Waals surface area contributed by atoms with Gasteiger partial charge in [-0.25, -0.2) is 13.8 Å². The van der Waals surface area contributed by atoms with E-state index < -0.39 is 17.9 Å². The van der Waals surface area contributed by atoms with E-state index in [9.17, 15) is 13.9 Å². The van der Waals surface area contributed by atoms with Gasteiger partial charge in [0.25, 0.3) is 0 Å². The van der Waals surface area contributed by atoms with E-state index in [0.717, 1.165) is 41.5 Å². The van der Waals surface area contributed by atoms with Crippen molar-refractivity contribution in [1.29, 1.82) is 0 Å². The van der Waals surface area contributed by atoms with Gasteiger partial charge in [0.2, 0.25) is 0 Å². The van der Waals surface area contributed by atoms with Gasteiger partial charge in [0.1, 0.15) is 17.3 Å². The smallest absolute Gasteiger partial charge is 0.185 e. The third-order valence-corrected chi connectivity index (χ3v) is 5.40. The fourth-order valence-corrected chi connectivity index (χ4v) is 3.89. The maximum absolute atomic E-state index is 13.8. The Balaban J connectivity index is 1.52. The molecule has 1 unspecified atom stereocenters. The molecule has 0 saturated carbocycles. The molecule has 1 aliphatic rings. The summed E-state index contributed by atoms with van der Waals surface area (Å²) in [5.41, 5.74) is 2.32. The molecule has 1 atom stereocenters. The number of thiazole rings is 1. The van der Waals surface area contributed by atoms with Crippen LogP contribution in [0.2, 0.25) is 0 Å². The lowest BCUT2D eigenvalue weighted by atomic mass is 10.1. The van der Waals surface area contributed by atoms with E-state index in [1.54, 1.807) is 35.3 Å². The van der Waals surface area contributed by atoms with E-state index in [-0.39, 0.29) is 5.69 Å². The van der Waals surface area contributed by atoms with Crippen LogP contribution < -0.4 is 10.2 Å². The van der Waals surface area contributed by atoms with Gasteiger partial charge in [0.15, 0.2) is 11.4 Å². The van der Waals surface area contributed by atoms with Crippen LogP contribution in [0.4, 0.5) is 19.6 Å². The molecular formula is C19H19F2N5OS. The summed E-state index contributed by atoms with van der Waals surface area (Å²) in [6.45, 7) is 1.60. The molecule has 2 N–H and O–H groups in total. The van der Waals surface area contributed by atoms with Gasteiger partial charge in [-0.15, -0.1) is 11.3 Å². The highest BCUT2D eigenvalue weighted by Gasteiger charge is 2.21. The standard InChI is InChI=1S/C19H19F2N5OS/c1-25-17(12-3-2-7-26(11-12)19-22-6-8-28-19)10-16(24-25)18(27)23-15-5-4-13(20)9-14(15)21/h3-6,8-10,18,23,27H,2,7,11H2,1H3. The van der Waals surface area contributed by atoms with Crippen LogP contribution in [0.5, 0.6) is 0 Å². The van der Waals surface area contributed by atoms with Crippen LogP contribution in [0.3, 0.4) is 0 Å². The molecule has 28 heavy (non-hydrogen) atoms. The molecule has 0 radical (unpaired) electrons. The van der Waals surface area contributed by atoms with E-state index in [0.29, 0.717) is 12.2 Å². The van der Waals surface area contributed by atoms with Gasteiger partial charge in [-0.3, -0.25) is 4.68 Å². The van der Waals surface area contributed by atoms with Crippen molar-refractivity contribution in [3.05, 3.63) is 64.9 Å². The van der Waals surface area contributed by atoms with Gasteiger partial charge in [-0.05, 0) is 30.2 Å². The molecule has 4 rings (SSSR count). The summed E-state index contributed by atoms with van der Waals surface area (Å²) in [6.07, 6.45) is 3.61. The second kappa shape index (κ2) is 7.69. The van der Waals surface area contributed by atoms with Crippen LogP contribution in [0.25, 0.3) is 5.57 Å². The predicted molar refractivity (Wildman–Crippen MR) is 105 cm³/mol. The number of nitrogens with one attached hydrogen (secondary N) is 1. The normalized spacial score (nSPS) is 15.4. The Labute approximate surface area is 164 Å². The van der Waals surface area contributed by atoms with Crippen molar-refractivity contribution in [1.82, 2.24) is 14.8 Å². The number of aromatic nitrogens is 3. The third kappa shape index (κ3) is 3.76. The Hall–Kier alpha value is -2.78. The average Bonchev–Trinajstić information content (AvgIpc) is 3.34. The highest BCUT2D eigenvalue weighted by molar-refractivity contribution is 7.13. The highest BCUT2D eigenvalue weighted by Crippen LogP contribution is 2.28. The zero-order chi connectivity index (χ0) is 19.7. The Morgan fingerprint density at radius 3 is 2.89 bits per heavy atom. The van der Waals surface area contributed by atoms with Crippen LogP contribution in [0.15, 0.2) is 41.9 Å². The number of halogens is 2. The number of aliphatic hydroxyl groups is 1. The van der Waals surface area contributed by atoms with Crippen LogP contribution in [0, 0.1) is 11.6 Å². The molecule has 9 heteroatoms. The third-order valence-electron chi connectivity index (χ3n) is 4.57. The van der Waals surface area contributed by atoms with Crippen molar-refractivity contribution in [3.8, 4) is 0 Å². The van der Waals surface area contributed by atoms with Crippen molar-refractivity contribution in [2.24, 2.45) is 7.05 Å². The summed E-state index contributed by atoms with van der Waals surface area (Å²) >= 11 is 1.60. The monoisotopic (exact) mass is 403 g/mol. The maximum atomic E-state index is 13.8. The Morgan fingerprint density at radius 1 is 1.29 bits per heavy atom. The molecule has 146 valence electrons. The molecule has 0 saturated heterocycles. The zero-order valence-corrected chi connectivity index (χ0v) is 16.0. The number of hydrogen-bond donors (Lipinski definition) is 2. The summed E-state index contributed by atoms with van der Waals surface area (Å²) < 4.78 is 28.6. The molecule has 2 aromatic heterocycles. The Bertz CT molecular complexity index is 1000. The van der Waals surface area contributed by atoms with Crippen LogP contribution >= 0.6 is 11.3 Å². The van der Waals surface area contributed by atoms with E-state index in [1.807, 2.05) is 5.38 Å². The van der Waals surface area contributed by atoms with E-state index in [2.05, 4.69) is 26.4 Å². The molecule has 3 aromatic rings. The Morgan fingerprint density at radius 2 is 2.14 bits per heavy atom. The molecular weight excluding hydrogens is 384 g/mol. The summed E-state index contributed by atoms with van der Waals surface area (Å²) in [4.78, 5) is 6.57. The lowest BCUT2D eigenvalue weighted by Crippen LogP contribution is -2.29. The minimum absolute atomic E-state index is 0.00734. The minimum atomic E-state index is -1.22. The number of rotatable bonds is 5. The van der Waals surface area contributed by atoms with Crippen molar-refractivity contribution < 1.29 is 13.9 Å². The second-order valence-electron chi connectivity index (χ2n) is 6.50. The fourth-order valence-electron chi connectivity index (χ4n) is 3.22. The predicted octanol–water partition coefficient (Wildman–Crippen LogP) is 3.55. The van der Waals surface area contributed by atoms with Gasteiger partial charge >= 0.3 is 0 Å². The number of aliphatic hydroxyl groups excluding tert-OH is 1. The first-order chi connectivity index (χ1) is 13.5. The first-order valence-electron chi connectivity index (χ1n) is 8.78. The molecule has 0 aliphatic carbocycles. The van der Waals surface area contributed by atoms with Crippen molar-refractivity contribution in [2.45, 2.75) is 12.6 Å². The number of anilines is 2. The number of benzene rings is 1. The van der Waals surface area contributed by atoms with E-state index in [4.69, 9.17) is 0 Å². The molecule has 0 bridgehead atoms. The van der Waals surface area contributed by atoms with Crippen molar-refractivity contribution >= 4 is 27.7 Å². The van der Waals surface area contributed by atoms with Gasteiger partial charge in [-0.1, -0.05) is 6.08 Å². The quantitative estimate of drug-likeness (QED) is 0.638. The Kier molecular flexibility index (Phi) is 5.10. The van der Waals surface area contributed by atoms with Gasteiger partial charge in [-0.2, -0.15) is 5.10 Å². The summed E-state index contributed by atoms with van der Waals surface area (Å²) in [5, 5.41) is 20.3. The van der Waals surface area contributed by atoms with E-state index in [1.165, 1.54) is 6.07 Å². The molecule has 1 aromatic carbocycles. The lowest BCUT2D eigenvalue weighted by Gasteiger charge is -2.26. The van der Waals surface area contributed by atoms with Gasteiger partial charge in [0.05, 0.1) is 11.4 Å². The van der Waals surface area contributed by atoms with Crippen molar-refractivity contribution in [2.75, 3.05) is 23.3 Å². The molecule has 0 amide bonds. The van der Waals surface area contributed by atoms with Crippen LogP contribution in [-0.4, -0.2) is 33.0 Å². The SMILES string of the molecule is Cn1nc(C(O)Nc2ccc(F)cc2F)cc1C1=CCCN(c2nccs2)C1. The molecule has 0 spiro atoms. The molecule has 6 nitrogen and oxygen atoms in total. The van der Waals surface area contributed by atoms with E-state index >= 15 is 0 Å². The largest absolute Gasteiger partial charge is 0.368 e. The maximum Gasteiger partial charge on any atom is 0.185 e. The van der Waals surface area contributed by atoms with Gasteiger partial charge < -0.3 is 15.3 Å². The number of nitrogens with zero attached hydrogens (tertiary/aromatic N) is 4. The zero-order valence-electron chi connectivity index (χ0n) is 15.1. The fraction of sp³-hybridized carbons (Fsp3) is 0.263. The summed E-state index contributed by atoms with van der Waals surface area (Å²) in [6, 6.07) is 4.91. The molecule has 3 heterocycles.